The Kier molecular flexibility index (Phi) is 6.99. The van der Waals surface area contributed by atoms with Crippen molar-refractivity contribution < 1.29 is 9.90 Å². The summed E-state index contributed by atoms with van der Waals surface area (Å²) < 4.78 is 1.85. The normalized spacial score (nSPS) is 13.9. The van der Waals surface area contributed by atoms with Crippen LogP contribution in [0.4, 0.5) is 11.8 Å². The average Bonchev–Trinajstić information content (AvgIpc) is 3.25. The molecule has 3 heterocycles. The zero-order chi connectivity index (χ0) is 25.9. The molecule has 1 fully saturated rings. The monoisotopic (exact) mass is 498 g/mol. The van der Waals surface area contributed by atoms with E-state index in [1.807, 2.05) is 65.9 Å². The van der Waals surface area contributed by atoms with Gasteiger partial charge in [0, 0.05) is 58.4 Å². The van der Waals surface area contributed by atoms with E-state index in [1.54, 1.807) is 6.92 Å². The highest BCUT2D eigenvalue weighted by Crippen LogP contribution is 2.36. The minimum atomic E-state index is 0.0707. The summed E-state index contributed by atoms with van der Waals surface area (Å²) in [5, 5.41) is 12.0. The molecule has 1 saturated heterocycles. The van der Waals surface area contributed by atoms with Crippen molar-refractivity contribution in [3.05, 3.63) is 78.0 Å². The van der Waals surface area contributed by atoms with Crippen molar-refractivity contribution in [1.82, 2.24) is 19.4 Å². The molecule has 0 spiro atoms. The number of hydrogen-bond donors (Lipinski definition) is 1. The van der Waals surface area contributed by atoms with Gasteiger partial charge in [0.1, 0.15) is 11.3 Å². The predicted molar refractivity (Wildman–Crippen MR) is 147 cm³/mol. The van der Waals surface area contributed by atoms with Crippen molar-refractivity contribution in [2.24, 2.45) is 0 Å². The number of rotatable bonds is 7. The maximum absolute atomic E-state index is 11.9. The van der Waals surface area contributed by atoms with Crippen molar-refractivity contribution in [3.8, 4) is 5.88 Å². The van der Waals surface area contributed by atoms with Crippen LogP contribution >= 0.6 is 0 Å². The molecule has 192 valence electrons. The fourth-order valence-electron chi connectivity index (χ4n) is 4.87. The fraction of sp³-hybridized carbons (Fsp3) is 0.345. The molecule has 0 aliphatic carbocycles. The van der Waals surface area contributed by atoms with Crippen molar-refractivity contribution >= 4 is 28.6 Å². The van der Waals surface area contributed by atoms with Crippen LogP contribution in [0.15, 0.2) is 66.9 Å². The second kappa shape index (κ2) is 10.5. The Labute approximate surface area is 217 Å². The van der Waals surface area contributed by atoms with Gasteiger partial charge in [0.25, 0.3) is 0 Å². The highest BCUT2D eigenvalue weighted by atomic mass is 16.3. The summed E-state index contributed by atoms with van der Waals surface area (Å²) in [5.41, 5.74) is 2.90. The molecule has 1 aliphatic heterocycles. The van der Waals surface area contributed by atoms with Gasteiger partial charge in [0.05, 0.1) is 5.39 Å². The van der Waals surface area contributed by atoms with Gasteiger partial charge < -0.3 is 24.4 Å². The molecule has 0 saturated carbocycles. The van der Waals surface area contributed by atoms with Gasteiger partial charge in [-0.3, -0.25) is 4.79 Å². The number of nitrogens with zero attached hydrogens (tertiary/aromatic N) is 6. The molecule has 1 amide bonds. The third-order valence-corrected chi connectivity index (χ3v) is 6.93. The molecule has 2 aromatic heterocycles. The van der Waals surface area contributed by atoms with E-state index in [0.717, 1.165) is 11.2 Å². The second-order valence-corrected chi connectivity index (χ2v) is 9.88. The van der Waals surface area contributed by atoms with E-state index in [0.29, 0.717) is 50.7 Å². The SMILES string of the molecule is CC(=O)N1CCN(c2nc(N(Cc3ccccc3)Cc3ccccc3)c3cn(C(C)C)c(O)c3n2)CC1. The molecule has 4 aromatic rings. The summed E-state index contributed by atoms with van der Waals surface area (Å²) in [6.07, 6.45) is 1.96. The van der Waals surface area contributed by atoms with Gasteiger partial charge in [0.15, 0.2) is 0 Å². The first-order chi connectivity index (χ1) is 17.9. The van der Waals surface area contributed by atoms with Crippen LogP contribution in [-0.4, -0.2) is 56.6 Å². The lowest BCUT2D eigenvalue weighted by Gasteiger charge is -2.34. The zero-order valence-corrected chi connectivity index (χ0v) is 21.7. The minimum Gasteiger partial charge on any atom is -0.493 e. The van der Waals surface area contributed by atoms with Crippen LogP contribution in [-0.2, 0) is 17.9 Å². The van der Waals surface area contributed by atoms with Crippen LogP contribution in [0, 0.1) is 0 Å². The quantitative estimate of drug-likeness (QED) is 0.402. The summed E-state index contributed by atoms with van der Waals surface area (Å²) in [6, 6.07) is 20.8. The van der Waals surface area contributed by atoms with E-state index in [1.165, 1.54) is 11.1 Å². The Bertz CT molecular complexity index is 1320. The highest BCUT2D eigenvalue weighted by molar-refractivity contribution is 5.94. The largest absolute Gasteiger partial charge is 0.493 e. The van der Waals surface area contributed by atoms with Crippen molar-refractivity contribution in [2.75, 3.05) is 36.0 Å². The molecule has 8 nitrogen and oxygen atoms in total. The number of carbonyl (C=O) groups excluding carboxylic acids is 1. The summed E-state index contributed by atoms with van der Waals surface area (Å²) in [4.78, 5) is 28.0. The number of hydrogen-bond acceptors (Lipinski definition) is 6. The third kappa shape index (κ3) is 5.23. The Morgan fingerprint density at radius 1 is 0.919 bits per heavy atom. The van der Waals surface area contributed by atoms with Gasteiger partial charge in [-0.05, 0) is 25.0 Å². The van der Waals surface area contributed by atoms with Gasteiger partial charge in [0.2, 0.25) is 17.7 Å². The third-order valence-electron chi connectivity index (χ3n) is 6.93. The van der Waals surface area contributed by atoms with Crippen molar-refractivity contribution in [1.29, 1.82) is 0 Å². The first-order valence-corrected chi connectivity index (χ1v) is 12.9. The number of benzene rings is 2. The van der Waals surface area contributed by atoms with E-state index in [4.69, 9.17) is 9.97 Å². The number of amides is 1. The van der Waals surface area contributed by atoms with Crippen LogP contribution in [0.2, 0.25) is 0 Å². The van der Waals surface area contributed by atoms with Crippen LogP contribution in [0.5, 0.6) is 5.88 Å². The van der Waals surface area contributed by atoms with Gasteiger partial charge >= 0.3 is 0 Å². The highest BCUT2D eigenvalue weighted by Gasteiger charge is 2.26. The van der Waals surface area contributed by atoms with Crippen LogP contribution < -0.4 is 9.80 Å². The molecule has 8 heteroatoms. The number of aromatic hydroxyl groups is 1. The molecular formula is C29H34N6O2. The minimum absolute atomic E-state index is 0.0707. The summed E-state index contributed by atoms with van der Waals surface area (Å²) in [7, 11) is 0. The summed E-state index contributed by atoms with van der Waals surface area (Å²) in [6.45, 7) is 9.55. The molecular weight excluding hydrogens is 464 g/mol. The molecule has 5 rings (SSSR count). The molecule has 1 N–H and O–H groups in total. The molecule has 0 atom stereocenters. The molecule has 0 unspecified atom stereocenters. The first-order valence-electron chi connectivity index (χ1n) is 12.9. The van der Waals surface area contributed by atoms with Crippen molar-refractivity contribution in [2.45, 2.75) is 39.9 Å². The number of carbonyl (C=O) groups is 1. The second-order valence-electron chi connectivity index (χ2n) is 9.88. The Balaban J connectivity index is 1.62. The molecule has 37 heavy (non-hydrogen) atoms. The molecule has 1 aliphatic rings. The zero-order valence-electron chi connectivity index (χ0n) is 21.7. The lowest BCUT2D eigenvalue weighted by Crippen LogP contribution is -2.48. The lowest BCUT2D eigenvalue weighted by molar-refractivity contribution is -0.129. The van der Waals surface area contributed by atoms with Gasteiger partial charge in [-0.1, -0.05) is 60.7 Å². The Hall–Kier alpha value is -4.07. The Morgan fingerprint density at radius 3 is 2.00 bits per heavy atom. The van der Waals surface area contributed by atoms with E-state index in [-0.39, 0.29) is 17.8 Å². The van der Waals surface area contributed by atoms with Gasteiger partial charge in [-0.15, -0.1) is 0 Å². The van der Waals surface area contributed by atoms with Crippen LogP contribution in [0.25, 0.3) is 10.9 Å². The number of fused-ring (bicyclic) bond motifs is 1. The number of anilines is 2. The summed E-state index contributed by atoms with van der Waals surface area (Å²) in [5.74, 6) is 1.60. The molecule has 0 radical (unpaired) electrons. The standard InChI is InChI=1S/C29H34N6O2/c1-21(2)35-20-25-26(28(35)37)30-29(33-16-14-32(15-17-33)22(3)36)31-27(25)34(18-23-10-6-4-7-11-23)19-24-12-8-5-9-13-24/h4-13,20-21,37H,14-19H2,1-3H3. The maximum atomic E-state index is 11.9. The topological polar surface area (TPSA) is 77.7 Å². The fourth-order valence-corrected chi connectivity index (χ4v) is 4.87. The van der Waals surface area contributed by atoms with Crippen molar-refractivity contribution in [3.63, 3.8) is 0 Å². The molecule has 2 aromatic carbocycles. The number of aromatic nitrogens is 3. The summed E-state index contributed by atoms with van der Waals surface area (Å²) >= 11 is 0. The maximum Gasteiger partial charge on any atom is 0.228 e. The van der Waals surface area contributed by atoms with Crippen LogP contribution in [0.1, 0.15) is 37.9 Å². The van der Waals surface area contributed by atoms with E-state index in [2.05, 4.69) is 34.1 Å². The lowest BCUT2D eigenvalue weighted by atomic mass is 10.1. The van der Waals surface area contributed by atoms with Gasteiger partial charge in [-0.2, -0.15) is 4.98 Å². The first kappa shape index (κ1) is 24.6. The van der Waals surface area contributed by atoms with E-state index >= 15 is 0 Å². The van der Waals surface area contributed by atoms with Gasteiger partial charge in [-0.25, -0.2) is 4.98 Å². The van der Waals surface area contributed by atoms with E-state index in [9.17, 15) is 9.90 Å². The average molecular weight is 499 g/mol. The number of piperazine rings is 1. The smallest absolute Gasteiger partial charge is 0.228 e. The predicted octanol–water partition coefficient (Wildman–Crippen LogP) is 4.59. The molecule has 0 bridgehead atoms. The van der Waals surface area contributed by atoms with E-state index < -0.39 is 0 Å². The Morgan fingerprint density at radius 2 is 1.49 bits per heavy atom. The van der Waals surface area contributed by atoms with Crippen LogP contribution in [0.3, 0.4) is 0 Å².